The van der Waals surface area contributed by atoms with Crippen LogP contribution in [0.1, 0.15) is 18.1 Å². The van der Waals surface area contributed by atoms with Crippen LogP contribution in [0.4, 0.5) is 0 Å². The summed E-state index contributed by atoms with van der Waals surface area (Å²) < 4.78 is 0. The number of nitrogens with zero attached hydrogens (tertiary/aromatic N) is 4. The first-order valence-corrected chi connectivity index (χ1v) is 17.0. The maximum absolute atomic E-state index is 6.21. The van der Waals surface area contributed by atoms with Crippen LogP contribution in [0.5, 0.6) is 0 Å². The van der Waals surface area contributed by atoms with E-state index in [-0.39, 0.29) is 0 Å². The van der Waals surface area contributed by atoms with Gasteiger partial charge in [-0.25, -0.2) is 15.0 Å². The summed E-state index contributed by atoms with van der Waals surface area (Å²) in [7, 11) is 0. The Morgan fingerprint density at radius 3 is 1.78 bits per heavy atom. The lowest BCUT2D eigenvalue weighted by Crippen LogP contribution is -2.03. The van der Waals surface area contributed by atoms with Crippen molar-refractivity contribution in [2.24, 2.45) is 0 Å². The number of benzene rings is 7. The minimum Gasteiger partial charge on any atom is -0.256 e. The van der Waals surface area contributed by atoms with E-state index in [4.69, 9.17) is 26.4 Å². The summed E-state index contributed by atoms with van der Waals surface area (Å²) in [6, 6.07) is 48.1. The fourth-order valence-corrected chi connectivity index (χ4v) is 7.16. The van der Waals surface area contributed by atoms with Gasteiger partial charge in [-0.1, -0.05) is 139 Å². The molecule has 238 valence electrons. The van der Waals surface area contributed by atoms with E-state index in [0.717, 1.165) is 76.8 Å². The van der Waals surface area contributed by atoms with Gasteiger partial charge in [0.1, 0.15) is 0 Å². The normalized spacial score (nSPS) is 11.5. The summed E-state index contributed by atoms with van der Waals surface area (Å²) in [5.74, 6) is 4.71. The lowest BCUT2D eigenvalue weighted by atomic mass is 9.93. The number of pyridine rings is 1. The maximum Gasteiger partial charge on any atom is 0.164 e. The number of rotatable bonds is 5. The molecular weight excluding hydrogens is 621 g/mol. The van der Waals surface area contributed by atoms with Crippen LogP contribution in [-0.2, 0) is 0 Å². The Hall–Kier alpha value is -6.96. The second kappa shape index (κ2) is 12.5. The Kier molecular flexibility index (Phi) is 7.38. The first kappa shape index (κ1) is 30.1. The van der Waals surface area contributed by atoms with Crippen molar-refractivity contribution in [3.63, 3.8) is 0 Å². The predicted molar refractivity (Wildman–Crippen MR) is 212 cm³/mol. The Labute approximate surface area is 295 Å². The molecule has 0 aliphatic rings. The van der Waals surface area contributed by atoms with Gasteiger partial charge in [0.2, 0.25) is 0 Å². The molecule has 4 heteroatoms. The van der Waals surface area contributed by atoms with E-state index in [9.17, 15) is 0 Å². The largest absolute Gasteiger partial charge is 0.256 e. The van der Waals surface area contributed by atoms with E-state index < -0.39 is 0 Å². The molecule has 2 heterocycles. The zero-order chi connectivity index (χ0) is 34.3. The standard InChI is InChI=1S/C47H30N4/c1-3-13-39-35(4-2)36-17-8-6-15-33(36)28-42(39)46-49-45(32-24-22-31(23-25-32)44-38-19-10-5-14-30(38)26-27-48-44)50-47(51-46)43-29-34-16-7-9-18-37(34)40-20-11-12-21-41(40)43/h2-3,5-29H,1H3/b13-3-. The van der Waals surface area contributed by atoms with Crippen molar-refractivity contribution < 1.29 is 0 Å². The monoisotopic (exact) mass is 650 g/mol. The molecule has 0 unspecified atom stereocenters. The lowest BCUT2D eigenvalue weighted by molar-refractivity contribution is 1.08. The van der Waals surface area contributed by atoms with Gasteiger partial charge in [0.25, 0.3) is 0 Å². The topological polar surface area (TPSA) is 51.6 Å². The fourth-order valence-electron chi connectivity index (χ4n) is 7.16. The van der Waals surface area contributed by atoms with Gasteiger partial charge in [0.05, 0.1) is 5.69 Å². The van der Waals surface area contributed by atoms with Crippen molar-refractivity contribution in [3.05, 3.63) is 163 Å². The molecule has 0 aliphatic heterocycles. The van der Waals surface area contributed by atoms with E-state index in [1.165, 1.54) is 5.39 Å². The van der Waals surface area contributed by atoms with Crippen molar-refractivity contribution in [1.29, 1.82) is 0 Å². The van der Waals surface area contributed by atoms with Crippen LogP contribution in [0.15, 0.2) is 152 Å². The quantitative estimate of drug-likeness (QED) is 0.137. The SMILES string of the molecule is C#Cc1c(/C=C\C)c(-c2nc(-c3ccc(-c4nccc5ccccc45)cc3)nc(-c3cc4ccccc4c4ccccc34)n2)cc2ccccc12. The molecule has 0 bridgehead atoms. The molecule has 4 nitrogen and oxygen atoms in total. The molecule has 7 aromatic carbocycles. The van der Waals surface area contributed by atoms with Crippen molar-refractivity contribution in [1.82, 2.24) is 19.9 Å². The van der Waals surface area contributed by atoms with Crippen LogP contribution < -0.4 is 0 Å². The molecule has 0 amide bonds. The fraction of sp³-hybridized carbons (Fsp3) is 0.0213. The molecule has 51 heavy (non-hydrogen) atoms. The Balaban J connectivity index is 1.30. The summed E-state index contributed by atoms with van der Waals surface area (Å²) >= 11 is 0. The van der Waals surface area contributed by atoms with E-state index in [1.54, 1.807) is 0 Å². The highest BCUT2D eigenvalue weighted by molar-refractivity contribution is 6.13. The Morgan fingerprint density at radius 1 is 0.510 bits per heavy atom. The Morgan fingerprint density at radius 2 is 1.06 bits per heavy atom. The van der Waals surface area contributed by atoms with Gasteiger partial charge < -0.3 is 0 Å². The van der Waals surface area contributed by atoms with Gasteiger partial charge in [-0.3, -0.25) is 4.98 Å². The number of allylic oxidation sites excluding steroid dienone is 1. The van der Waals surface area contributed by atoms with E-state index in [0.29, 0.717) is 17.5 Å². The van der Waals surface area contributed by atoms with Crippen LogP contribution in [0, 0.1) is 12.3 Å². The van der Waals surface area contributed by atoms with Gasteiger partial charge in [-0.05, 0) is 62.8 Å². The molecule has 0 saturated carbocycles. The molecule has 0 fully saturated rings. The van der Waals surface area contributed by atoms with Crippen molar-refractivity contribution in [2.45, 2.75) is 6.92 Å². The van der Waals surface area contributed by atoms with Gasteiger partial charge in [-0.15, -0.1) is 6.42 Å². The number of terminal acetylenes is 1. The third-order valence-corrected chi connectivity index (χ3v) is 9.54. The summed E-state index contributed by atoms with van der Waals surface area (Å²) in [6.07, 6.45) is 12.1. The zero-order valence-corrected chi connectivity index (χ0v) is 27.9. The summed E-state index contributed by atoms with van der Waals surface area (Å²) in [5, 5.41) is 8.84. The van der Waals surface area contributed by atoms with Crippen LogP contribution in [0.2, 0.25) is 0 Å². The molecule has 2 aromatic heterocycles. The van der Waals surface area contributed by atoms with Crippen LogP contribution in [0.3, 0.4) is 0 Å². The smallest absolute Gasteiger partial charge is 0.164 e. The predicted octanol–water partition coefficient (Wildman–Crippen LogP) is 11.6. The molecule has 0 radical (unpaired) electrons. The van der Waals surface area contributed by atoms with Gasteiger partial charge in [0, 0.05) is 45.0 Å². The lowest BCUT2D eigenvalue weighted by Gasteiger charge is -2.15. The van der Waals surface area contributed by atoms with Crippen molar-refractivity contribution in [2.75, 3.05) is 0 Å². The second-order valence-electron chi connectivity index (χ2n) is 12.5. The van der Waals surface area contributed by atoms with Gasteiger partial charge >= 0.3 is 0 Å². The second-order valence-corrected chi connectivity index (χ2v) is 12.5. The third kappa shape index (κ3) is 5.20. The van der Waals surface area contributed by atoms with Crippen LogP contribution >= 0.6 is 0 Å². The molecule has 0 atom stereocenters. The van der Waals surface area contributed by atoms with E-state index in [1.807, 2.05) is 49.5 Å². The molecule has 0 N–H and O–H groups in total. The minimum absolute atomic E-state index is 0.558. The van der Waals surface area contributed by atoms with Gasteiger partial charge in [0.15, 0.2) is 17.5 Å². The molecule has 0 saturated heterocycles. The molecule has 0 aliphatic carbocycles. The highest BCUT2D eigenvalue weighted by Gasteiger charge is 2.20. The van der Waals surface area contributed by atoms with E-state index in [2.05, 4.69) is 121 Å². The molecule has 9 rings (SSSR count). The number of hydrogen-bond acceptors (Lipinski definition) is 4. The molecular formula is C47H30N4. The average Bonchev–Trinajstić information content (AvgIpc) is 3.20. The first-order valence-electron chi connectivity index (χ1n) is 17.0. The first-order chi connectivity index (χ1) is 25.2. The highest BCUT2D eigenvalue weighted by atomic mass is 15.0. The maximum atomic E-state index is 6.21. The summed E-state index contributed by atoms with van der Waals surface area (Å²) in [5.41, 5.74) is 6.35. The van der Waals surface area contributed by atoms with Crippen molar-refractivity contribution in [3.8, 4) is 57.8 Å². The number of hydrogen-bond donors (Lipinski definition) is 0. The summed E-state index contributed by atoms with van der Waals surface area (Å²) in [4.78, 5) is 20.4. The third-order valence-electron chi connectivity index (χ3n) is 9.54. The number of aromatic nitrogens is 4. The van der Waals surface area contributed by atoms with Crippen molar-refractivity contribution >= 4 is 49.2 Å². The van der Waals surface area contributed by atoms with Crippen LogP contribution in [0.25, 0.3) is 94.6 Å². The molecule has 9 aromatic rings. The minimum atomic E-state index is 0.558. The van der Waals surface area contributed by atoms with Gasteiger partial charge in [-0.2, -0.15) is 0 Å². The average molecular weight is 651 g/mol. The van der Waals surface area contributed by atoms with E-state index >= 15 is 0 Å². The number of fused-ring (bicyclic) bond motifs is 5. The summed E-state index contributed by atoms with van der Waals surface area (Å²) in [6.45, 7) is 2.00. The Bertz CT molecular complexity index is 2870. The molecule has 0 spiro atoms. The van der Waals surface area contributed by atoms with Crippen LogP contribution in [-0.4, -0.2) is 19.9 Å². The zero-order valence-electron chi connectivity index (χ0n) is 27.9. The highest BCUT2D eigenvalue weighted by Crippen LogP contribution is 2.37.